The number of amides is 1. The maximum absolute atomic E-state index is 13.1. The van der Waals surface area contributed by atoms with Crippen molar-refractivity contribution < 1.29 is 13.9 Å². The molecule has 10 nitrogen and oxygen atoms in total. The zero-order valence-corrected chi connectivity index (χ0v) is 18.5. The van der Waals surface area contributed by atoms with Gasteiger partial charge in [-0.25, -0.2) is 10.8 Å². The first-order chi connectivity index (χ1) is 16.6. The summed E-state index contributed by atoms with van der Waals surface area (Å²) in [6.07, 6.45) is 0.310. The van der Waals surface area contributed by atoms with E-state index >= 15 is 0 Å². The van der Waals surface area contributed by atoms with Crippen LogP contribution in [0.3, 0.4) is 0 Å². The van der Waals surface area contributed by atoms with Crippen LogP contribution in [0.4, 0.5) is 0 Å². The minimum absolute atomic E-state index is 0.0317. The number of ether oxygens (including phenoxy) is 1. The van der Waals surface area contributed by atoms with Gasteiger partial charge in [-0.05, 0) is 29.6 Å². The van der Waals surface area contributed by atoms with Crippen molar-refractivity contribution in [3.63, 3.8) is 0 Å². The number of pyridine rings is 1. The Morgan fingerprint density at radius 1 is 1.21 bits per heavy atom. The first-order valence-corrected chi connectivity index (χ1v) is 10.8. The molecule has 0 spiro atoms. The van der Waals surface area contributed by atoms with E-state index in [0.29, 0.717) is 22.6 Å². The molecule has 11 heteroatoms. The molecule has 0 aliphatic heterocycles. The highest BCUT2D eigenvalue weighted by atomic mass is 32.1. The van der Waals surface area contributed by atoms with E-state index in [1.807, 2.05) is 17.5 Å². The van der Waals surface area contributed by atoms with E-state index in [4.69, 9.17) is 20.8 Å². The van der Waals surface area contributed by atoms with Crippen molar-refractivity contribution in [2.75, 3.05) is 0 Å². The van der Waals surface area contributed by atoms with Crippen LogP contribution in [0.2, 0.25) is 0 Å². The standard InChI is InChI=1S/C23H19N7O3S/c24-13-16-15(18-8-4-10-32-18)12-17(19-9-5-11-34-19)27-22(16)33-20(14-6-2-1-3-7-14)21(31)28-23(29-25)30-26/h1-12,20H,25-26H2,(H2,28,29,30,31). The van der Waals surface area contributed by atoms with Gasteiger partial charge < -0.3 is 15.0 Å². The fraction of sp³-hybridized carbons (Fsp3) is 0.0435. The average Bonchev–Trinajstić information content (AvgIpc) is 3.60. The van der Waals surface area contributed by atoms with Crippen molar-refractivity contribution >= 4 is 23.2 Å². The highest BCUT2D eigenvalue weighted by Crippen LogP contribution is 2.36. The van der Waals surface area contributed by atoms with Crippen molar-refractivity contribution in [1.82, 2.24) is 15.7 Å². The molecule has 34 heavy (non-hydrogen) atoms. The molecule has 0 saturated carbocycles. The Labute approximate surface area is 198 Å². The van der Waals surface area contributed by atoms with Crippen LogP contribution >= 0.6 is 11.3 Å². The van der Waals surface area contributed by atoms with Gasteiger partial charge in [0.1, 0.15) is 17.4 Å². The molecular weight excluding hydrogens is 454 g/mol. The van der Waals surface area contributed by atoms with Gasteiger partial charge in [0.15, 0.2) is 0 Å². The predicted molar refractivity (Wildman–Crippen MR) is 127 cm³/mol. The monoisotopic (exact) mass is 473 g/mol. The highest BCUT2D eigenvalue weighted by Gasteiger charge is 2.28. The molecule has 170 valence electrons. The highest BCUT2D eigenvalue weighted by molar-refractivity contribution is 7.13. The molecule has 0 aliphatic rings. The number of furan rings is 1. The van der Waals surface area contributed by atoms with Crippen LogP contribution in [0, 0.1) is 11.3 Å². The number of benzene rings is 1. The van der Waals surface area contributed by atoms with Gasteiger partial charge in [-0.2, -0.15) is 5.26 Å². The number of nitrogens with zero attached hydrogens (tertiary/aromatic N) is 3. The van der Waals surface area contributed by atoms with Crippen LogP contribution in [-0.2, 0) is 4.79 Å². The molecule has 3 aromatic heterocycles. The molecule has 0 bridgehead atoms. The molecule has 3 heterocycles. The maximum atomic E-state index is 13.1. The first kappa shape index (κ1) is 22.5. The topological polar surface area (TPSA) is 165 Å². The lowest BCUT2D eigenvalue weighted by Crippen LogP contribution is -2.47. The van der Waals surface area contributed by atoms with Gasteiger partial charge in [-0.15, -0.1) is 16.4 Å². The van der Waals surface area contributed by atoms with Crippen LogP contribution in [0.15, 0.2) is 81.8 Å². The number of guanidine groups is 1. The SMILES string of the molecule is N#Cc1c(-c2ccco2)cc(-c2cccs2)nc1OC(C(=O)N/C(=N/N)NN)c1ccccc1. The van der Waals surface area contributed by atoms with Crippen LogP contribution in [0.5, 0.6) is 5.88 Å². The summed E-state index contributed by atoms with van der Waals surface area (Å²) in [4.78, 5) is 18.5. The quantitative estimate of drug-likeness (QED) is 0.144. The van der Waals surface area contributed by atoms with Crippen molar-refractivity contribution in [2.45, 2.75) is 6.10 Å². The minimum atomic E-state index is -1.20. The van der Waals surface area contributed by atoms with E-state index in [1.165, 1.54) is 17.6 Å². The zero-order valence-electron chi connectivity index (χ0n) is 17.6. The summed E-state index contributed by atoms with van der Waals surface area (Å²) in [5, 5.41) is 17.7. The number of carbonyl (C=O) groups excluding carboxylic acids is 1. The lowest BCUT2D eigenvalue weighted by Gasteiger charge is -2.20. The maximum Gasteiger partial charge on any atom is 0.272 e. The second kappa shape index (κ2) is 10.3. The lowest BCUT2D eigenvalue weighted by molar-refractivity contribution is -0.127. The number of hydrazine groups is 1. The molecule has 0 radical (unpaired) electrons. The number of hydrogen-bond acceptors (Lipinski definition) is 9. The third kappa shape index (κ3) is 4.73. The Morgan fingerprint density at radius 3 is 2.65 bits per heavy atom. The Bertz CT molecular complexity index is 1330. The molecule has 1 aromatic carbocycles. The molecule has 4 aromatic rings. The molecule has 6 N–H and O–H groups in total. The summed E-state index contributed by atoms with van der Waals surface area (Å²) in [7, 11) is 0. The average molecular weight is 474 g/mol. The number of hydrogen-bond donors (Lipinski definition) is 4. The van der Waals surface area contributed by atoms with Crippen molar-refractivity contribution in [3.8, 4) is 33.8 Å². The Balaban J connectivity index is 1.83. The number of nitriles is 1. The molecule has 0 saturated heterocycles. The number of aromatic nitrogens is 1. The van der Waals surface area contributed by atoms with Gasteiger partial charge in [0.25, 0.3) is 5.91 Å². The predicted octanol–water partition coefficient (Wildman–Crippen LogP) is 2.87. The number of rotatable bonds is 6. The van der Waals surface area contributed by atoms with Gasteiger partial charge in [-0.3, -0.25) is 15.5 Å². The Hall–Kier alpha value is -4.66. The van der Waals surface area contributed by atoms with Crippen LogP contribution in [0.25, 0.3) is 21.9 Å². The molecule has 4 rings (SSSR count). The summed E-state index contributed by atoms with van der Waals surface area (Å²) in [6, 6.07) is 19.9. The van der Waals surface area contributed by atoms with Gasteiger partial charge in [0.2, 0.25) is 17.9 Å². The number of carbonyl (C=O) groups is 1. The molecule has 0 fully saturated rings. The van der Waals surface area contributed by atoms with Crippen molar-refractivity contribution in [3.05, 3.63) is 83.4 Å². The fourth-order valence-corrected chi connectivity index (χ4v) is 3.88. The zero-order chi connectivity index (χ0) is 23.9. The molecule has 1 unspecified atom stereocenters. The van der Waals surface area contributed by atoms with E-state index in [0.717, 1.165) is 4.88 Å². The summed E-state index contributed by atoms with van der Waals surface area (Å²) >= 11 is 1.48. The largest absolute Gasteiger partial charge is 0.464 e. The van der Waals surface area contributed by atoms with E-state index in [9.17, 15) is 10.1 Å². The second-order valence-corrected chi connectivity index (χ2v) is 7.77. The van der Waals surface area contributed by atoms with Crippen LogP contribution in [-0.4, -0.2) is 16.9 Å². The van der Waals surface area contributed by atoms with E-state index < -0.39 is 12.0 Å². The Kier molecular flexibility index (Phi) is 6.83. The van der Waals surface area contributed by atoms with Gasteiger partial charge in [-0.1, -0.05) is 36.4 Å². The summed E-state index contributed by atoms with van der Waals surface area (Å²) in [5.41, 5.74) is 3.87. The second-order valence-electron chi connectivity index (χ2n) is 6.82. The van der Waals surface area contributed by atoms with Crippen LogP contribution < -0.4 is 27.2 Å². The first-order valence-electron chi connectivity index (χ1n) is 9.94. The third-order valence-electron chi connectivity index (χ3n) is 4.74. The minimum Gasteiger partial charge on any atom is -0.464 e. The molecule has 0 aliphatic carbocycles. The molecular formula is C23H19N7O3S. The van der Waals surface area contributed by atoms with E-state index in [2.05, 4.69) is 26.9 Å². The summed E-state index contributed by atoms with van der Waals surface area (Å²) in [6.45, 7) is 0. The van der Waals surface area contributed by atoms with Gasteiger partial charge >= 0.3 is 0 Å². The molecule has 1 atom stereocenters. The number of nitrogens with one attached hydrogen (secondary N) is 2. The fourth-order valence-electron chi connectivity index (χ4n) is 3.19. The van der Waals surface area contributed by atoms with Crippen molar-refractivity contribution in [1.29, 1.82) is 5.26 Å². The van der Waals surface area contributed by atoms with E-state index in [1.54, 1.807) is 48.5 Å². The smallest absolute Gasteiger partial charge is 0.272 e. The lowest BCUT2D eigenvalue weighted by atomic mass is 10.1. The van der Waals surface area contributed by atoms with E-state index in [-0.39, 0.29) is 17.4 Å². The van der Waals surface area contributed by atoms with Gasteiger partial charge in [0.05, 0.1) is 16.8 Å². The van der Waals surface area contributed by atoms with Gasteiger partial charge in [0, 0.05) is 11.1 Å². The summed E-state index contributed by atoms with van der Waals surface area (Å²) < 4.78 is 11.7. The summed E-state index contributed by atoms with van der Waals surface area (Å²) in [5.74, 6) is 10.2. The third-order valence-corrected chi connectivity index (χ3v) is 5.63. The Morgan fingerprint density at radius 2 is 2.03 bits per heavy atom. The van der Waals surface area contributed by atoms with Crippen LogP contribution in [0.1, 0.15) is 17.2 Å². The molecule has 1 amide bonds. The number of hydrazone groups is 1. The number of thiophene rings is 1. The normalized spacial score (nSPS) is 11.9. The number of nitrogens with two attached hydrogens (primary N) is 2. The van der Waals surface area contributed by atoms with Crippen molar-refractivity contribution in [2.24, 2.45) is 16.8 Å².